The number of hydrogen-bond donors (Lipinski definition) is 3. The van der Waals surface area contributed by atoms with Gasteiger partial charge in [-0.3, -0.25) is 4.79 Å². The number of carbonyl (C=O) groups is 1. The number of hydrogen-bond acceptors (Lipinski definition) is 4. The van der Waals surface area contributed by atoms with E-state index in [1.54, 1.807) is 0 Å². The molecule has 0 radical (unpaired) electrons. The molecule has 1 amide bonds. The van der Waals surface area contributed by atoms with Crippen LogP contribution in [0.3, 0.4) is 0 Å². The molecule has 0 aliphatic carbocycles. The zero-order valence-corrected chi connectivity index (χ0v) is 12.7. The van der Waals surface area contributed by atoms with Gasteiger partial charge in [-0.25, -0.2) is 0 Å². The molecule has 2 aromatic rings. The summed E-state index contributed by atoms with van der Waals surface area (Å²) in [6.45, 7) is 1.40. The van der Waals surface area contributed by atoms with Crippen molar-refractivity contribution in [3.05, 3.63) is 53.5 Å². The predicted octanol–water partition coefficient (Wildman–Crippen LogP) is 2.75. The summed E-state index contributed by atoms with van der Waals surface area (Å²) >= 11 is 0. The third-order valence-electron chi connectivity index (χ3n) is 3.46. The van der Waals surface area contributed by atoms with E-state index < -0.39 is 29.9 Å². The Hall–Kier alpha value is -2.48. The molecule has 1 heterocycles. The van der Waals surface area contributed by atoms with Crippen molar-refractivity contribution in [1.29, 1.82) is 0 Å². The summed E-state index contributed by atoms with van der Waals surface area (Å²) in [7, 11) is 0. The number of phenolic OH excluding ortho intramolecular Hbond substituents is 1. The van der Waals surface area contributed by atoms with Gasteiger partial charge in [0.25, 0.3) is 0 Å². The third-order valence-corrected chi connectivity index (χ3v) is 3.46. The number of benzene rings is 1. The van der Waals surface area contributed by atoms with Gasteiger partial charge in [-0.05, 0) is 36.8 Å². The van der Waals surface area contributed by atoms with Gasteiger partial charge >= 0.3 is 6.18 Å². The molecule has 0 spiro atoms. The van der Waals surface area contributed by atoms with E-state index in [0.717, 1.165) is 6.07 Å². The van der Waals surface area contributed by atoms with E-state index in [1.807, 2.05) is 0 Å². The van der Waals surface area contributed by atoms with Gasteiger partial charge in [0.05, 0.1) is 6.42 Å². The van der Waals surface area contributed by atoms with Gasteiger partial charge in [-0.2, -0.15) is 13.2 Å². The van der Waals surface area contributed by atoms with Gasteiger partial charge in [-0.1, -0.05) is 12.1 Å². The monoisotopic (exact) mass is 343 g/mol. The van der Waals surface area contributed by atoms with Gasteiger partial charge in [0.2, 0.25) is 11.5 Å². The van der Waals surface area contributed by atoms with Crippen molar-refractivity contribution in [3.63, 3.8) is 0 Å². The third kappa shape index (κ3) is 3.88. The number of aryl methyl sites for hydroxylation is 1. The maximum Gasteiger partial charge on any atom is 0.425 e. The maximum atomic E-state index is 13.2. The van der Waals surface area contributed by atoms with E-state index in [1.165, 1.54) is 37.3 Å². The van der Waals surface area contributed by atoms with Crippen molar-refractivity contribution in [3.8, 4) is 5.75 Å². The molecule has 1 atom stereocenters. The summed E-state index contributed by atoms with van der Waals surface area (Å²) in [4.78, 5) is 11.9. The van der Waals surface area contributed by atoms with Crippen LogP contribution < -0.4 is 5.32 Å². The molecule has 0 saturated heterocycles. The van der Waals surface area contributed by atoms with E-state index in [4.69, 9.17) is 9.52 Å². The fraction of sp³-hybridized carbons (Fsp3) is 0.312. The molecule has 0 bridgehead atoms. The van der Waals surface area contributed by atoms with E-state index in [9.17, 15) is 23.1 Å². The Labute approximate surface area is 135 Å². The van der Waals surface area contributed by atoms with Gasteiger partial charge in [0.15, 0.2) is 0 Å². The van der Waals surface area contributed by atoms with Crippen LogP contribution in [0, 0.1) is 6.92 Å². The van der Waals surface area contributed by atoms with Crippen molar-refractivity contribution in [2.45, 2.75) is 31.7 Å². The Bertz CT molecular complexity index is 709. The second-order valence-corrected chi connectivity index (χ2v) is 5.39. The molecular weight excluding hydrogens is 327 g/mol. The van der Waals surface area contributed by atoms with Crippen LogP contribution in [0.2, 0.25) is 0 Å². The summed E-state index contributed by atoms with van der Waals surface area (Å²) in [5, 5.41) is 21.5. The molecule has 0 saturated carbocycles. The fourth-order valence-electron chi connectivity index (χ4n) is 2.09. The smallest absolute Gasteiger partial charge is 0.425 e. The van der Waals surface area contributed by atoms with Gasteiger partial charge in [0, 0.05) is 6.54 Å². The summed E-state index contributed by atoms with van der Waals surface area (Å²) < 4.78 is 44.6. The second kappa shape index (κ2) is 6.56. The zero-order valence-electron chi connectivity index (χ0n) is 12.7. The average molecular weight is 343 g/mol. The molecule has 130 valence electrons. The summed E-state index contributed by atoms with van der Waals surface area (Å²) in [5.74, 6) is -1.49. The summed E-state index contributed by atoms with van der Waals surface area (Å²) in [6, 6.07) is 8.08. The van der Waals surface area contributed by atoms with Crippen LogP contribution in [-0.4, -0.2) is 22.3 Å². The first-order chi connectivity index (χ1) is 11.1. The van der Waals surface area contributed by atoms with E-state index in [2.05, 4.69) is 5.32 Å². The Kier molecular flexibility index (Phi) is 4.88. The molecule has 0 aliphatic rings. The van der Waals surface area contributed by atoms with Crippen LogP contribution in [0.4, 0.5) is 13.2 Å². The van der Waals surface area contributed by atoms with Crippen molar-refractivity contribution < 1.29 is 32.6 Å². The molecule has 3 N–H and O–H groups in total. The van der Waals surface area contributed by atoms with Gasteiger partial charge < -0.3 is 19.9 Å². The van der Waals surface area contributed by atoms with Crippen molar-refractivity contribution >= 4 is 5.91 Å². The lowest BCUT2D eigenvalue weighted by molar-refractivity contribution is -0.273. The lowest BCUT2D eigenvalue weighted by Crippen LogP contribution is -2.45. The number of aliphatic hydroxyl groups is 1. The Morgan fingerprint density at radius 3 is 2.29 bits per heavy atom. The van der Waals surface area contributed by atoms with Crippen LogP contribution >= 0.6 is 0 Å². The molecule has 2 rings (SSSR count). The fourth-order valence-corrected chi connectivity index (χ4v) is 2.09. The molecule has 5 nitrogen and oxygen atoms in total. The highest BCUT2D eigenvalue weighted by Gasteiger charge is 2.58. The lowest BCUT2D eigenvalue weighted by Gasteiger charge is -2.28. The Balaban J connectivity index is 2.09. The number of phenols is 1. The largest absolute Gasteiger partial charge is 0.508 e. The highest BCUT2D eigenvalue weighted by atomic mass is 19.4. The normalized spacial score (nSPS) is 14.2. The highest BCUT2D eigenvalue weighted by Crippen LogP contribution is 2.42. The maximum absolute atomic E-state index is 13.2. The Morgan fingerprint density at radius 2 is 1.79 bits per heavy atom. The molecule has 8 heteroatoms. The first-order valence-corrected chi connectivity index (χ1v) is 7.02. The first-order valence-electron chi connectivity index (χ1n) is 7.02. The average Bonchev–Trinajstić information content (AvgIpc) is 2.92. The highest BCUT2D eigenvalue weighted by molar-refractivity contribution is 5.77. The molecule has 1 unspecified atom stereocenters. The number of furan rings is 1. The number of rotatable bonds is 5. The predicted molar refractivity (Wildman–Crippen MR) is 78.0 cm³/mol. The second-order valence-electron chi connectivity index (χ2n) is 5.39. The van der Waals surface area contributed by atoms with E-state index in [0.29, 0.717) is 5.56 Å². The van der Waals surface area contributed by atoms with Crippen LogP contribution in [0.15, 0.2) is 40.8 Å². The number of aromatic hydroxyl groups is 1. The minimum atomic E-state index is -5.08. The van der Waals surface area contributed by atoms with E-state index in [-0.39, 0.29) is 18.1 Å². The number of nitrogens with one attached hydrogen (secondary N) is 1. The molecule has 24 heavy (non-hydrogen) atoms. The van der Waals surface area contributed by atoms with Gasteiger partial charge in [-0.15, -0.1) is 0 Å². The van der Waals surface area contributed by atoms with Crippen LogP contribution in [0.1, 0.15) is 23.5 Å². The molecule has 1 aromatic heterocycles. The number of alkyl halides is 3. The van der Waals surface area contributed by atoms with Crippen LogP contribution in [0.25, 0.3) is 0 Å². The minimum Gasteiger partial charge on any atom is -0.508 e. The van der Waals surface area contributed by atoms with Crippen LogP contribution in [0.5, 0.6) is 5.75 Å². The SMILES string of the molecule is Cc1ccc(C(O)(CC(=O)NCc2ccc(O)cc2)C(F)(F)F)o1. The lowest BCUT2D eigenvalue weighted by atomic mass is 9.95. The number of amides is 1. The number of carbonyl (C=O) groups excluding carboxylic acids is 1. The topological polar surface area (TPSA) is 82.7 Å². The Morgan fingerprint density at radius 1 is 1.17 bits per heavy atom. The first kappa shape index (κ1) is 17.9. The standard InChI is InChI=1S/C16H16F3NO4/c1-10-2-7-13(24-10)15(23,16(17,18)19)8-14(22)20-9-11-3-5-12(21)6-4-11/h2-7,21,23H,8-9H2,1H3,(H,20,22). The minimum absolute atomic E-state index is 0.0321. The summed E-state index contributed by atoms with van der Waals surface area (Å²) in [6.07, 6.45) is -6.30. The van der Waals surface area contributed by atoms with Crippen molar-refractivity contribution in [2.75, 3.05) is 0 Å². The quantitative estimate of drug-likeness (QED) is 0.780. The van der Waals surface area contributed by atoms with Crippen LogP contribution in [-0.2, 0) is 16.9 Å². The van der Waals surface area contributed by atoms with Gasteiger partial charge in [0.1, 0.15) is 17.3 Å². The number of halogens is 3. The molecule has 0 aliphatic heterocycles. The zero-order chi connectivity index (χ0) is 18.0. The van der Waals surface area contributed by atoms with Crippen molar-refractivity contribution in [1.82, 2.24) is 5.32 Å². The molecule has 0 fully saturated rings. The van der Waals surface area contributed by atoms with Crippen molar-refractivity contribution in [2.24, 2.45) is 0 Å². The molecule has 1 aromatic carbocycles. The molecular formula is C16H16F3NO4. The summed E-state index contributed by atoms with van der Waals surface area (Å²) in [5.41, 5.74) is -2.81. The van der Waals surface area contributed by atoms with E-state index >= 15 is 0 Å².